The molecule has 0 nitrogen and oxygen atoms in total. The molecule has 0 amide bonds. The topological polar surface area (TPSA) is 0 Å². The Kier molecular flexibility index (Phi) is 2.06. The number of hydrogen-bond acceptors (Lipinski definition) is 0. The van der Waals surface area contributed by atoms with Crippen molar-refractivity contribution in [3.63, 3.8) is 0 Å². The lowest BCUT2D eigenvalue weighted by Crippen LogP contribution is -2.02. The van der Waals surface area contributed by atoms with Gasteiger partial charge in [0.15, 0.2) is 0 Å². The summed E-state index contributed by atoms with van der Waals surface area (Å²) in [4.78, 5) is 0. The molecule has 1 aliphatic carbocycles. The van der Waals surface area contributed by atoms with Crippen molar-refractivity contribution < 1.29 is 8.22 Å². The smallest absolute Gasteiger partial charge is 0.0396 e. The predicted molar refractivity (Wildman–Crippen MR) is 94.9 cm³/mol. The van der Waals surface area contributed by atoms with E-state index >= 15 is 0 Å². The predicted octanol–water partition coefficient (Wildman–Crippen LogP) is 6.58. The Morgan fingerprint density at radius 2 is 1.52 bits per heavy atom. The molecule has 0 aromatic heterocycles. The van der Waals surface area contributed by atoms with E-state index in [-0.39, 0.29) is 0 Å². The van der Waals surface area contributed by atoms with E-state index in [9.17, 15) is 0 Å². The molecule has 3 aromatic rings. The molecule has 0 heterocycles. The van der Waals surface area contributed by atoms with Gasteiger partial charge in [-0.15, -0.1) is 0 Å². The highest BCUT2D eigenvalue weighted by atomic mass is 79.9. The van der Waals surface area contributed by atoms with Crippen molar-refractivity contribution in [2.75, 3.05) is 0 Å². The largest absolute Gasteiger partial charge is 0.0879 e. The molecule has 4 rings (SSSR count). The van der Waals surface area contributed by atoms with Crippen LogP contribution in [-0.2, 0) is 0 Å². The Morgan fingerprint density at radius 3 is 2.14 bits per heavy atom. The van der Waals surface area contributed by atoms with Crippen LogP contribution in [0.25, 0.3) is 21.5 Å². The highest BCUT2D eigenvalue weighted by Crippen LogP contribution is 2.42. The summed E-state index contributed by atoms with van der Waals surface area (Å²) in [5.74, 6) is -1.98. The minimum absolute atomic E-state index is 0.425. The van der Waals surface area contributed by atoms with Crippen molar-refractivity contribution in [2.24, 2.45) is 0 Å². The Morgan fingerprint density at radius 1 is 0.952 bits per heavy atom. The van der Waals surface area contributed by atoms with Crippen LogP contribution in [0.2, 0.25) is 0 Å². The first-order valence-corrected chi connectivity index (χ1v) is 7.63. The Labute approximate surface area is 142 Å². The number of rotatable bonds is 1. The molecule has 0 saturated carbocycles. The zero-order valence-corrected chi connectivity index (χ0v) is 12.8. The third kappa shape index (κ3) is 2.11. The van der Waals surface area contributed by atoms with E-state index < -0.39 is 25.0 Å². The third-order valence-corrected chi connectivity index (χ3v) is 4.64. The Balaban J connectivity index is 2.21. The van der Waals surface area contributed by atoms with Crippen LogP contribution in [0.5, 0.6) is 0 Å². The molecule has 1 heteroatoms. The quantitative estimate of drug-likeness (QED) is 0.346. The summed E-state index contributed by atoms with van der Waals surface area (Å²) in [5, 5.41) is 3.09. The van der Waals surface area contributed by atoms with E-state index in [0.29, 0.717) is 16.3 Å². The second-order valence-corrected chi connectivity index (χ2v) is 5.78. The molecule has 104 valence electrons. The molecule has 0 saturated heterocycles. The molecular weight excluding hydrogens is 320 g/mol. The maximum Gasteiger partial charge on any atom is 0.0396 e. The van der Waals surface area contributed by atoms with E-state index in [4.69, 9.17) is 8.22 Å². The molecule has 0 spiro atoms. The zero-order valence-electron chi connectivity index (χ0n) is 17.2. The fraction of sp³-hybridized carbons (Fsp3) is 0.200. The average Bonchev–Trinajstić information content (AvgIpc) is 2.65. The molecule has 2 unspecified atom stereocenters. The second-order valence-electron chi connectivity index (χ2n) is 4.99. The van der Waals surface area contributed by atoms with Gasteiger partial charge in [-0.3, -0.25) is 0 Å². The monoisotopic (exact) mass is 342 g/mol. The highest BCUT2D eigenvalue weighted by molar-refractivity contribution is 9.10. The van der Waals surface area contributed by atoms with E-state index in [1.807, 2.05) is 48.5 Å². The fourth-order valence-electron chi connectivity index (χ4n) is 2.86. The first-order valence-electron chi connectivity index (χ1n) is 9.92. The second kappa shape index (κ2) is 5.31. The molecule has 3 aromatic carbocycles. The minimum atomic E-state index is -2.60. The third-order valence-electron chi connectivity index (χ3n) is 3.78. The number of fused-ring (bicyclic) bond motifs is 2. The molecule has 1 aliphatic rings. The van der Waals surface area contributed by atoms with Crippen LogP contribution in [0.15, 0.2) is 65.2 Å². The maximum atomic E-state index is 9.14. The SMILES string of the molecule is [2H]C1C=CC([2H])(c2c3ccccc3c(Br)c3ccccc23)C([2H])([2H])C1([2H])[2H]. The Bertz CT molecular complexity index is 1030. The molecule has 0 aliphatic heterocycles. The molecule has 0 fully saturated rings. The summed E-state index contributed by atoms with van der Waals surface area (Å²) in [6, 6.07) is 14.9. The standard InChI is InChI=1S/C20H17Br/c21-20-17-12-6-4-10-15(17)19(14-8-2-1-3-9-14)16-11-5-7-13-18(16)20/h2,4-8,10-14H,1,3,9H2/i1D,3D2,9D2,14D. The molecule has 0 N–H and O–H groups in total. The van der Waals surface area contributed by atoms with Gasteiger partial charge in [-0.1, -0.05) is 60.7 Å². The van der Waals surface area contributed by atoms with Gasteiger partial charge in [-0.05, 0) is 62.2 Å². The van der Waals surface area contributed by atoms with Crippen molar-refractivity contribution in [1.82, 2.24) is 0 Å². The van der Waals surface area contributed by atoms with Gasteiger partial charge in [0.2, 0.25) is 0 Å². The first kappa shape index (κ1) is 8.14. The van der Waals surface area contributed by atoms with Crippen molar-refractivity contribution >= 4 is 37.5 Å². The van der Waals surface area contributed by atoms with E-state index in [2.05, 4.69) is 15.9 Å². The van der Waals surface area contributed by atoms with Crippen LogP contribution < -0.4 is 0 Å². The zero-order chi connectivity index (χ0) is 19.6. The lowest BCUT2D eigenvalue weighted by Gasteiger charge is -2.22. The molecular formula is C20H17Br. The van der Waals surface area contributed by atoms with Crippen molar-refractivity contribution in [3.05, 3.63) is 70.7 Å². The highest BCUT2D eigenvalue weighted by Gasteiger charge is 2.19. The van der Waals surface area contributed by atoms with Crippen LogP contribution in [-0.4, -0.2) is 0 Å². The normalized spacial score (nSPS) is 34.4. The van der Waals surface area contributed by atoms with Gasteiger partial charge in [-0.25, -0.2) is 0 Å². The van der Waals surface area contributed by atoms with Crippen LogP contribution >= 0.6 is 15.9 Å². The Hall–Kier alpha value is -1.60. The summed E-state index contributed by atoms with van der Waals surface area (Å²) in [6.07, 6.45) is -3.80. The van der Waals surface area contributed by atoms with Crippen LogP contribution in [0.1, 0.15) is 38.8 Å². The summed E-state index contributed by atoms with van der Waals surface area (Å²) < 4.78 is 51.5. The fourth-order valence-corrected chi connectivity index (χ4v) is 3.56. The van der Waals surface area contributed by atoms with Gasteiger partial charge in [-0.2, -0.15) is 0 Å². The van der Waals surface area contributed by atoms with Gasteiger partial charge < -0.3 is 0 Å². The molecule has 0 radical (unpaired) electrons. The average molecular weight is 343 g/mol. The number of benzene rings is 3. The number of hydrogen-bond donors (Lipinski definition) is 0. The molecule has 2 atom stereocenters. The maximum absolute atomic E-state index is 9.14. The lowest BCUT2D eigenvalue weighted by atomic mass is 9.83. The van der Waals surface area contributed by atoms with Gasteiger partial charge in [0.05, 0.1) is 0 Å². The van der Waals surface area contributed by atoms with Gasteiger partial charge in [0.25, 0.3) is 0 Å². The summed E-state index contributed by atoms with van der Waals surface area (Å²) in [7, 11) is 0. The summed E-state index contributed by atoms with van der Waals surface area (Å²) in [6.45, 7) is 0. The van der Waals surface area contributed by atoms with Crippen molar-refractivity contribution in [2.45, 2.75) is 25.0 Å². The molecule has 0 bridgehead atoms. The number of allylic oxidation sites excluding steroid dienone is 2. The summed E-state index contributed by atoms with van der Waals surface area (Å²) in [5.41, 5.74) is 0.425. The van der Waals surface area contributed by atoms with E-state index in [0.717, 1.165) is 15.2 Å². The van der Waals surface area contributed by atoms with E-state index in [1.165, 1.54) is 12.2 Å². The van der Waals surface area contributed by atoms with Gasteiger partial charge >= 0.3 is 0 Å². The van der Waals surface area contributed by atoms with Crippen molar-refractivity contribution in [1.29, 1.82) is 0 Å². The van der Waals surface area contributed by atoms with Crippen molar-refractivity contribution in [3.8, 4) is 0 Å². The van der Waals surface area contributed by atoms with E-state index in [1.54, 1.807) is 0 Å². The number of halogens is 1. The van der Waals surface area contributed by atoms with Gasteiger partial charge in [0, 0.05) is 18.6 Å². The first-order chi connectivity index (χ1) is 12.6. The van der Waals surface area contributed by atoms with Crippen LogP contribution in [0.3, 0.4) is 0 Å². The molecule has 21 heavy (non-hydrogen) atoms. The van der Waals surface area contributed by atoms with Crippen LogP contribution in [0, 0.1) is 0 Å². The summed E-state index contributed by atoms with van der Waals surface area (Å²) >= 11 is 3.64. The minimum Gasteiger partial charge on any atom is -0.0879 e. The van der Waals surface area contributed by atoms with Gasteiger partial charge in [0.1, 0.15) is 0 Å². The lowest BCUT2D eigenvalue weighted by molar-refractivity contribution is 0.660. The van der Waals surface area contributed by atoms with Crippen LogP contribution in [0.4, 0.5) is 0 Å².